The first-order valence-electron chi connectivity index (χ1n) is 14.9. The van der Waals surface area contributed by atoms with Crippen LogP contribution in [0.25, 0.3) is 0 Å². The number of hydrogen-bond acceptors (Lipinski definition) is 7. The molecule has 0 aromatic heterocycles. The van der Waals surface area contributed by atoms with Crippen LogP contribution in [-0.4, -0.2) is 103 Å². The summed E-state index contributed by atoms with van der Waals surface area (Å²) in [7, 11) is 1.51. The molecule has 3 aromatic carbocycles. The Morgan fingerprint density at radius 3 is 2.31 bits per heavy atom. The van der Waals surface area contributed by atoms with E-state index in [4.69, 9.17) is 26.2 Å². The molecule has 12 heteroatoms. The molecule has 2 aliphatic heterocycles. The van der Waals surface area contributed by atoms with Crippen molar-refractivity contribution in [1.29, 1.82) is 0 Å². The van der Waals surface area contributed by atoms with Gasteiger partial charge in [-0.1, -0.05) is 48.0 Å². The van der Waals surface area contributed by atoms with Crippen molar-refractivity contribution in [3.05, 3.63) is 83.4 Å². The molecule has 3 N–H and O–H groups in total. The van der Waals surface area contributed by atoms with Crippen LogP contribution in [0.5, 0.6) is 11.5 Å². The molecule has 2 unspecified atom stereocenters. The van der Waals surface area contributed by atoms with Crippen molar-refractivity contribution in [3.8, 4) is 11.5 Å². The van der Waals surface area contributed by atoms with Crippen molar-refractivity contribution in [2.24, 2.45) is 0 Å². The number of carbonyl (C=O) groups is 3. The highest BCUT2D eigenvalue weighted by atomic mass is 35.5. The van der Waals surface area contributed by atoms with E-state index >= 15 is 0 Å². The molecule has 0 bridgehead atoms. The molecule has 2 fully saturated rings. The Hall–Kier alpha value is -4.32. The van der Waals surface area contributed by atoms with Gasteiger partial charge < -0.3 is 30.1 Å². The lowest BCUT2D eigenvalue weighted by Crippen LogP contribution is -2.52. The number of rotatable bonds is 11. The average Bonchev–Trinajstić information content (AvgIpc) is 3.42. The van der Waals surface area contributed by atoms with Crippen LogP contribution in [-0.2, 0) is 16.0 Å². The minimum Gasteiger partial charge on any atom is -0.495 e. The summed E-state index contributed by atoms with van der Waals surface area (Å²) in [5.74, 6) is 0.349. The molecular weight excluding hydrogens is 598 g/mol. The topological polar surface area (TPSA) is 124 Å². The lowest BCUT2D eigenvalue weighted by atomic mass is 10.1. The fourth-order valence-electron chi connectivity index (χ4n) is 5.81. The van der Waals surface area contributed by atoms with Gasteiger partial charge in [0.25, 0.3) is 0 Å². The number of likely N-dealkylation sites (tertiary alicyclic amines) is 1. The van der Waals surface area contributed by atoms with Gasteiger partial charge in [0.05, 0.1) is 43.0 Å². The first kappa shape index (κ1) is 32.1. The third-order valence-electron chi connectivity index (χ3n) is 8.03. The Morgan fingerprint density at radius 1 is 0.911 bits per heavy atom. The second-order valence-electron chi connectivity index (χ2n) is 11.2. The number of carboxylic acids is 1. The summed E-state index contributed by atoms with van der Waals surface area (Å²) in [5, 5.41) is 15.1. The number of carbonyl (C=O) groups excluding carboxylic acids is 2. The Balaban J connectivity index is 1.24. The van der Waals surface area contributed by atoms with Crippen molar-refractivity contribution in [3.63, 3.8) is 0 Å². The van der Waals surface area contributed by atoms with Crippen LogP contribution in [0.1, 0.15) is 12.0 Å². The number of anilines is 2. The number of nitrogens with one attached hydrogen (secondary N) is 2. The maximum atomic E-state index is 13.8. The second kappa shape index (κ2) is 15.1. The summed E-state index contributed by atoms with van der Waals surface area (Å²) in [4.78, 5) is 43.7. The summed E-state index contributed by atoms with van der Waals surface area (Å²) in [6, 6.07) is 21.3. The molecule has 238 valence electrons. The van der Waals surface area contributed by atoms with Crippen LogP contribution in [0.2, 0.25) is 5.02 Å². The van der Waals surface area contributed by atoms with Crippen LogP contribution < -0.4 is 20.1 Å². The molecule has 5 rings (SSSR count). The highest BCUT2D eigenvalue weighted by molar-refractivity contribution is 6.33. The Morgan fingerprint density at radius 2 is 1.60 bits per heavy atom. The number of aliphatic carboxylic acids is 1. The quantitative estimate of drug-likeness (QED) is 0.285. The van der Waals surface area contributed by atoms with Crippen molar-refractivity contribution < 1.29 is 29.0 Å². The number of para-hydroxylation sites is 2. The number of hydrogen-bond donors (Lipinski definition) is 3. The first-order chi connectivity index (χ1) is 21.8. The van der Waals surface area contributed by atoms with Gasteiger partial charge in [0.2, 0.25) is 5.91 Å². The highest BCUT2D eigenvalue weighted by Crippen LogP contribution is 2.29. The average molecular weight is 636 g/mol. The van der Waals surface area contributed by atoms with Crippen LogP contribution in [0, 0.1) is 0 Å². The molecule has 45 heavy (non-hydrogen) atoms. The monoisotopic (exact) mass is 635 g/mol. The fourth-order valence-corrected chi connectivity index (χ4v) is 5.99. The number of urea groups is 1. The van der Waals surface area contributed by atoms with Crippen molar-refractivity contribution in [2.75, 3.05) is 63.6 Å². The summed E-state index contributed by atoms with van der Waals surface area (Å²) < 4.78 is 11.8. The molecular formula is C33H38ClN5O6. The van der Waals surface area contributed by atoms with Gasteiger partial charge in [0, 0.05) is 45.2 Å². The predicted molar refractivity (Wildman–Crippen MR) is 172 cm³/mol. The molecule has 0 saturated carbocycles. The molecule has 3 aromatic rings. The molecule has 0 spiro atoms. The van der Waals surface area contributed by atoms with Gasteiger partial charge in [-0.15, -0.1) is 0 Å². The minimum absolute atomic E-state index is 0.0251. The van der Waals surface area contributed by atoms with E-state index in [1.54, 1.807) is 42.5 Å². The van der Waals surface area contributed by atoms with Gasteiger partial charge in [-0.05, 0) is 42.0 Å². The lowest BCUT2D eigenvalue weighted by molar-refractivity contribution is -0.139. The van der Waals surface area contributed by atoms with Gasteiger partial charge >= 0.3 is 12.0 Å². The molecule has 2 heterocycles. The van der Waals surface area contributed by atoms with Gasteiger partial charge in [-0.25, -0.2) is 4.79 Å². The zero-order chi connectivity index (χ0) is 31.8. The van der Waals surface area contributed by atoms with Crippen molar-refractivity contribution in [1.82, 2.24) is 14.7 Å². The van der Waals surface area contributed by atoms with E-state index in [9.17, 15) is 14.4 Å². The zero-order valence-electron chi connectivity index (χ0n) is 25.2. The van der Waals surface area contributed by atoms with E-state index in [1.807, 2.05) is 40.1 Å². The first-order valence-corrected chi connectivity index (χ1v) is 15.3. The SMILES string of the molecule is COc1cc(CC(=O)N2CC(Oc3ccccc3)CC2CN2CCN(CC(=O)O)CC2)ccc1NC(=O)Nc1ccccc1Cl. The standard InChI is InChI=1S/C33H38ClN5O6/c1-44-30-17-23(11-12-29(30)36-33(43)35-28-10-6-5-9-27(28)34)18-31(40)39-21-26(45-25-7-3-2-4-8-25)19-24(39)20-37-13-15-38(16-14-37)22-32(41)42/h2-12,17,24,26H,13-16,18-22H2,1H3,(H,41,42)(H2,35,36,43). The highest BCUT2D eigenvalue weighted by Gasteiger charge is 2.38. The maximum absolute atomic E-state index is 13.8. The largest absolute Gasteiger partial charge is 0.495 e. The van der Waals surface area contributed by atoms with Crippen LogP contribution >= 0.6 is 11.6 Å². The Bertz CT molecular complexity index is 1480. The molecule has 0 radical (unpaired) electrons. The van der Waals surface area contributed by atoms with Gasteiger partial charge in [0.15, 0.2) is 0 Å². The normalized spacial score (nSPS) is 18.8. The smallest absolute Gasteiger partial charge is 0.323 e. The van der Waals surface area contributed by atoms with E-state index in [1.165, 1.54) is 7.11 Å². The van der Waals surface area contributed by atoms with E-state index in [0.717, 1.165) is 24.4 Å². The third kappa shape index (κ3) is 8.87. The molecule has 2 aliphatic rings. The molecule has 2 atom stereocenters. The fraction of sp³-hybridized carbons (Fsp3) is 0.364. The minimum atomic E-state index is -0.822. The number of nitrogens with zero attached hydrogens (tertiary/aromatic N) is 3. The summed E-state index contributed by atoms with van der Waals surface area (Å²) in [6.45, 7) is 4.03. The Labute approximate surface area is 267 Å². The summed E-state index contributed by atoms with van der Waals surface area (Å²) in [6.07, 6.45) is 0.707. The molecule has 2 saturated heterocycles. The second-order valence-corrected chi connectivity index (χ2v) is 11.6. The number of benzene rings is 3. The maximum Gasteiger partial charge on any atom is 0.323 e. The van der Waals surface area contributed by atoms with Crippen LogP contribution in [0.4, 0.5) is 16.2 Å². The number of amides is 3. The molecule has 11 nitrogen and oxygen atoms in total. The number of halogens is 1. The van der Waals surface area contributed by atoms with E-state index < -0.39 is 12.0 Å². The lowest BCUT2D eigenvalue weighted by Gasteiger charge is -2.36. The van der Waals surface area contributed by atoms with E-state index in [-0.39, 0.29) is 31.0 Å². The molecule has 3 amide bonds. The van der Waals surface area contributed by atoms with Gasteiger partial charge in [-0.2, -0.15) is 0 Å². The van der Waals surface area contributed by atoms with Crippen LogP contribution in [0.15, 0.2) is 72.8 Å². The Kier molecular flexibility index (Phi) is 10.8. The third-order valence-corrected chi connectivity index (χ3v) is 8.36. The number of ether oxygens (including phenoxy) is 2. The van der Waals surface area contributed by atoms with Crippen molar-refractivity contribution in [2.45, 2.75) is 25.0 Å². The molecule has 0 aliphatic carbocycles. The van der Waals surface area contributed by atoms with Gasteiger partial charge in [0.1, 0.15) is 17.6 Å². The summed E-state index contributed by atoms with van der Waals surface area (Å²) in [5.41, 5.74) is 1.69. The van der Waals surface area contributed by atoms with E-state index in [2.05, 4.69) is 15.5 Å². The summed E-state index contributed by atoms with van der Waals surface area (Å²) >= 11 is 6.15. The van der Waals surface area contributed by atoms with E-state index in [0.29, 0.717) is 54.7 Å². The number of carboxylic acid groups (broad SMARTS) is 1. The predicted octanol–water partition coefficient (Wildman–Crippen LogP) is 4.29. The zero-order valence-corrected chi connectivity index (χ0v) is 25.9. The number of methoxy groups -OCH3 is 1. The number of piperazine rings is 1. The van der Waals surface area contributed by atoms with Crippen molar-refractivity contribution >= 4 is 40.9 Å². The van der Waals surface area contributed by atoms with Gasteiger partial charge in [-0.3, -0.25) is 19.4 Å². The van der Waals surface area contributed by atoms with Crippen LogP contribution in [0.3, 0.4) is 0 Å².